The van der Waals surface area contributed by atoms with Gasteiger partial charge in [0.2, 0.25) is 0 Å². The third-order valence-corrected chi connectivity index (χ3v) is 3.00. The van der Waals surface area contributed by atoms with Crippen LogP contribution in [-0.2, 0) is 0 Å². The van der Waals surface area contributed by atoms with Crippen LogP contribution in [0.2, 0.25) is 0 Å². The summed E-state index contributed by atoms with van der Waals surface area (Å²) in [6.07, 6.45) is 2.74. The zero-order valence-electron chi connectivity index (χ0n) is 11.6. The van der Waals surface area contributed by atoms with Gasteiger partial charge in [-0.25, -0.2) is 4.68 Å². The molecule has 0 spiro atoms. The average Bonchev–Trinajstić information content (AvgIpc) is 3.08. The molecule has 23 heavy (non-hydrogen) atoms. The topological polar surface area (TPSA) is 122 Å². The molecule has 3 rings (SSSR count). The Hall–Kier alpha value is -3.62. The summed E-state index contributed by atoms with van der Waals surface area (Å²) in [6, 6.07) is 10.5. The van der Waals surface area contributed by atoms with Crippen LogP contribution in [0.4, 0.5) is 11.4 Å². The van der Waals surface area contributed by atoms with Gasteiger partial charge in [-0.15, -0.1) is 5.10 Å². The average molecular weight is 309 g/mol. The van der Waals surface area contributed by atoms with Crippen molar-refractivity contribution in [1.29, 1.82) is 0 Å². The maximum absolute atomic E-state index is 11.7. The van der Waals surface area contributed by atoms with Gasteiger partial charge < -0.3 is 5.11 Å². The van der Waals surface area contributed by atoms with Gasteiger partial charge in [-0.05, 0) is 34.2 Å². The summed E-state index contributed by atoms with van der Waals surface area (Å²) in [5.41, 5.74) is 1.25. The molecule has 1 aromatic heterocycles. The Bertz CT molecular complexity index is 876. The van der Waals surface area contributed by atoms with Gasteiger partial charge in [-0.1, -0.05) is 17.9 Å². The van der Waals surface area contributed by atoms with Crippen molar-refractivity contribution in [3.05, 3.63) is 64.5 Å². The first-order valence-electron chi connectivity index (χ1n) is 6.46. The van der Waals surface area contributed by atoms with Crippen molar-refractivity contribution in [3.63, 3.8) is 0 Å². The van der Waals surface area contributed by atoms with E-state index >= 15 is 0 Å². The van der Waals surface area contributed by atoms with Crippen molar-refractivity contribution in [2.45, 2.75) is 0 Å². The molecule has 0 fully saturated rings. The van der Waals surface area contributed by atoms with E-state index in [2.05, 4.69) is 20.5 Å². The first-order valence-corrected chi connectivity index (χ1v) is 6.46. The number of tetrazole rings is 1. The van der Waals surface area contributed by atoms with Crippen molar-refractivity contribution in [2.24, 2.45) is 4.99 Å². The second-order valence-corrected chi connectivity index (χ2v) is 4.51. The summed E-state index contributed by atoms with van der Waals surface area (Å²) < 4.78 is 1.46. The zero-order chi connectivity index (χ0) is 16.2. The second-order valence-electron chi connectivity index (χ2n) is 4.51. The van der Waals surface area contributed by atoms with Crippen molar-refractivity contribution < 1.29 is 10.0 Å². The molecule has 0 saturated carbocycles. The standard InChI is InChI=1S/C14H10N6O3/c21-14-5-4-13(20(22)23)6-10(14)8-15-11-2-1-3-12(7-11)19-9-16-17-18-19/h1-9,21H/p-1. The van der Waals surface area contributed by atoms with Crippen LogP contribution < -0.4 is 5.11 Å². The molecule has 3 aromatic rings. The highest BCUT2D eigenvalue weighted by Crippen LogP contribution is 2.21. The first kappa shape index (κ1) is 14.3. The Kier molecular flexibility index (Phi) is 3.75. The largest absolute Gasteiger partial charge is 0.872 e. The van der Waals surface area contributed by atoms with Crippen LogP contribution in [0.3, 0.4) is 0 Å². The number of aromatic nitrogens is 4. The lowest BCUT2D eigenvalue weighted by Gasteiger charge is -2.08. The van der Waals surface area contributed by atoms with E-state index in [1.807, 2.05) is 0 Å². The minimum absolute atomic E-state index is 0.145. The zero-order valence-corrected chi connectivity index (χ0v) is 11.6. The van der Waals surface area contributed by atoms with Gasteiger partial charge in [0.15, 0.2) is 0 Å². The monoisotopic (exact) mass is 309 g/mol. The molecule has 0 N–H and O–H groups in total. The fraction of sp³-hybridized carbons (Fsp3) is 0. The van der Waals surface area contributed by atoms with E-state index in [1.165, 1.54) is 23.3 Å². The number of non-ortho nitro benzene ring substituents is 1. The minimum atomic E-state index is -0.560. The molecule has 0 atom stereocenters. The Morgan fingerprint density at radius 2 is 2.09 bits per heavy atom. The highest BCUT2D eigenvalue weighted by molar-refractivity contribution is 5.86. The second kappa shape index (κ2) is 6.02. The minimum Gasteiger partial charge on any atom is -0.872 e. The molecule has 0 radical (unpaired) electrons. The molecule has 0 aliphatic rings. The molecule has 0 aliphatic carbocycles. The van der Waals surface area contributed by atoms with Gasteiger partial charge in [-0.2, -0.15) is 0 Å². The number of rotatable bonds is 4. The maximum atomic E-state index is 11.7. The normalized spacial score (nSPS) is 11.0. The van der Waals surface area contributed by atoms with Gasteiger partial charge in [0.05, 0.1) is 16.3 Å². The fourth-order valence-electron chi connectivity index (χ4n) is 1.89. The van der Waals surface area contributed by atoms with Gasteiger partial charge in [0.25, 0.3) is 5.69 Å². The smallest absolute Gasteiger partial charge is 0.270 e. The van der Waals surface area contributed by atoms with Crippen molar-refractivity contribution in [1.82, 2.24) is 20.2 Å². The Morgan fingerprint density at radius 3 is 2.83 bits per heavy atom. The van der Waals surface area contributed by atoms with E-state index in [1.54, 1.807) is 24.3 Å². The van der Waals surface area contributed by atoms with Crippen LogP contribution in [0.15, 0.2) is 53.8 Å². The molecule has 0 saturated heterocycles. The number of nitrogens with zero attached hydrogens (tertiary/aromatic N) is 6. The summed E-state index contributed by atoms with van der Waals surface area (Å²) >= 11 is 0. The van der Waals surface area contributed by atoms with Crippen LogP contribution in [0, 0.1) is 10.1 Å². The number of hydrogen-bond donors (Lipinski definition) is 0. The summed E-state index contributed by atoms with van der Waals surface area (Å²) in [6.45, 7) is 0. The van der Waals surface area contributed by atoms with Crippen LogP contribution in [0.1, 0.15) is 5.56 Å². The number of nitro groups is 1. The lowest BCUT2D eigenvalue weighted by molar-refractivity contribution is -0.385. The maximum Gasteiger partial charge on any atom is 0.270 e. The first-order chi connectivity index (χ1) is 11.1. The summed E-state index contributed by atoms with van der Waals surface area (Å²) in [7, 11) is 0. The highest BCUT2D eigenvalue weighted by Gasteiger charge is 2.05. The predicted molar refractivity (Wildman–Crippen MR) is 79.0 cm³/mol. The number of benzene rings is 2. The molecule has 0 aliphatic heterocycles. The summed E-state index contributed by atoms with van der Waals surface area (Å²) in [5, 5.41) is 33.3. The molecular weight excluding hydrogens is 300 g/mol. The fourth-order valence-corrected chi connectivity index (χ4v) is 1.89. The van der Waals surface area contributed by atoms with E-state index in [4.69, 9.17) is 0 Å². The predicted octanol–water partition coefficient (Wildman–Crippen LogP) is 1.39. The molecule has 0 unspecified atom stereocenters. The van der Waals surface area contributed by atoms with Gasteiger partial charge >= 0.3 is 0 Å². The van der Waals surface area contributed by atoms with Crippen LogP contribution >= 0.6 is 0 Å². The van der Waals surface area contributed by atoms with Crippen LogP contribution in [-0.4, -0.2) is 31.3 Å². The lowest BCUT2D eigenvalue weighted by Crippen LogP contribution is -1.98. The highest BCUT2D eigenvalue weighted by atomic mass is 16.6. The van der Waals surface area contributed by atoms with Crippen molar-refractivity contribution in [2.75, 3.05) is 0 Å². The molecule has 9 heteroatoms. The van der Waals surface area contributed by atoms with E-state index in [-0.39, 0.29) is 17.0 Å². The molecule has 114 valence electrons. The van der Waals surface area contributed by atoms with Crippen LogP contribution in [0.5, 0.6) is 5.75 Å². The Morgan fingerprint density at radius 1 is 1.22 bits per heavy atom. The summed E-state index contributed by atoms with van der Waals surface area (Å²) in [5.74, 6) is -0.337. The molecule has 1 heterocycles. The Balaban J connectivity index is 1.90. The number of hydrogen-bond acceptors (Lipinski definition) is 7. The quantitative estimate of drug-likeness (QED) is 0.408. The SMILES string of the molecule is O=[N+]([O-])c1ccc([O-])c(C=Nc2cccc(-n3cnnn3)c2)c1. The van der Waals surface area contributed by atoms with E-state index in [0.29, 0.717) is 11.4 Å². The van der Waals surface area contributed by atoms with Gasteiger partial charge in [0.1, 0.15) is 6.33 Å². The number of nitro benzene ring substituents is 1. The van der Waals surface area contributed by atoms with E-state index in [0.717, 1.165) is 12.1 Å². The lowest BCUT2D eigenvalue weighted by atomic mass is 10.2. The van der Waals surface area contributed by atoms with E-state index in [9.17, 15) is 15.2 Å². The summed E-state index contributed by atoms with van der Waals surface area (Å²) in [4.78, 5) is 14.4. The third kappa shape index (κ3) is 3.18. The van der Waals surface area contributed by atoms with Gasteiger partial charge in [-0.3, -0.25) is 15.1 Å². The van der Waals surface area contributed by atoms with Crippen LogP contribution in [0.25, 0.3) is 5.69 Å². The van der Waals surface area contributed by atoms with Crippen molar-refractivity contribution >= 4 is 17.6 Å². The van der Waals surface area contributed by atoms with Crippen molar-refractivity contribution in [3.8, 4) is 11.4 Å². The molecular formula is C14H9N6O3-. The van der Waals surface area contributed by atoms with Gasteiger partial charge in [0, 0.05) is 18.3 Å². The molecule has 0 amide bonds. The molecule has 9 nitrogen and oxygen atoms in total. The van der Waals surface area contributed by atoms with E-state index < -0.39 is 4.92 Å². The Labute approximate surface area is 129 Å². The molecule has 0 bridgehead atoms. The third-order valence-electron chi connectivity index (χ3n) is 3.00. The number of aliphatic imine (C=N–C) groups is 1. The molecule has 2 aromatic carbocycles.